The molecule has 0 saturated heterocycles. The summed E-state index contributed by atoms with van der Waals surface area (Å²) >= 11 is 1.71. The minimum Gasteiger partial charge on any atom is -0.497 e. The molecule has 0 saturated carbocycles. The fourth-order valence-corrected chi connectivity index (χ4v) is 2.34. The van der Waals surface area contributed by atoms with Gasteiger partial charge < -0.3 is 16.2 Å². The molecule has 5 heteroatoms. The van der Waals surface area contributed by atoms with Crippen molar-refractivity contribution in [2.75, 3.05) is 12.9 Å². The standard InChI is InChI=1S/C13H20N2O2S/c1-13(15,12(14)16)7-4-8-18-11-6-3-5-10(9-11)17-2/h3,5-6,9H,4,7-8,15H2,1-2H3,(H2,14,16). The van der Waals surface area contributed by atoms with Crippen molar-refractivity contribution < 1.29 is 9.53 Å². The van der Waals surface area contributed by atoms with Crippen LogP contribution >= 0.6 is 11.8 Å². The van der Waals surface area contributed by atoms with Crippen LogP contribution < -0.4 is 16.2 Å². The highest BCUT2D eigenvalue weighted by atomic mass is 32.2. The molecule has 1 aromatic carbocycles. The molecule has 4 N–H and O–H groups in total. The van der Waals surface area contributed by atoms with E-state index in [1.165, 1.54) is 0 Å². The number of hydrogen-bond acceptors (Lipinski definition) is 4. The Kier molecular flexibility index (Phi) is 5.50. The number of rotatable bonds is 7. The van der Waals surface area contributed by atoms with Gasteiger partial charge in [-0.3, -0.25) is 4.79 Å². The fraction of sp³-hybridized carbons (Fsp3) is 0.462. The summed E-state index contributed by atoms with van der Waals surface area (Å²) in [6.07, 6.45) is 1.44. The van der Waals surface area contributed by atoms with Gasteiger partial charge >= 0.3 is 0 Å². The van der Waals surface area contributed by atoms with Gasteiger partial charge in [0.15, 0.2) is 0 Å². The second-order valence-electron chi connectivity index (χ2n) is 4.41. The van der Waals surface area contributed by atoms with Crippen LogP contribution in [0.25, 0.3) is 0 Å². The number of hydrogen-bond donors (Lipinski definition) is 2. The Bertz CT molecular complexity index is 408. The predicted molar refractivity (Wildman–Crippen MR) is 74.7 cm³/mol. The van der Waals surface area contributed by atoms with Gasteiger partial charge in [0, 0.05) is 4.90 Å². The van der Waals surface area contributed by atoms with E-state index in [1.807, 2.05) is 24.3 Å². The first kappa shape index (κ1) is 14.9. The molecule has 1 unspecified atom stereocenters. The van der Waals surface area contributed by atoms with E-state index in [9.17, 15) is 4.79 Å². The molecular weight excluding hydrogens is 248 g/mol. The number of methoxy groups -OCH3 is 1. The Balaban J connectivity index is 2.36. The molecule has 0 fully saturated rings. The summed E-state index contributed by atoms with van der Waals surface area (Å²) in [5, 5.41) is 0. The molecule has 0 aliphatic rings. The molecule has 0 aliphatic heterocycles. The molecule has 0 bridgehead atoms. The van der Waals surface area contributed by atoms with Gasteiger partial charge in [-0.2, -0.15) is 0 Å². The van der Waals surface area contributed by atoms with Crippen LogP contribution in [0.2, 0.25) is 0 Å². The van der Waals surface area contributed by atoms with Crippen molar-refractivity contribution in [2.45, 2.75) is 30.2 Å². The highest BCUT2D eigenvalue weighted by Gasteiger charge is 2.24. The van der Waals surface area contributed by atoms with Gasteiger partial charge in [0.1, 0.15) is 5.75 Å². The number of primary amides is 1. The third-order valence-electron chi connectivity index (χ3n) is 2.71. The van der Waals surface area contributed by atoms with Crippen molar-refractivity contribution >= 4 is 17.7 Å². The van der Waals surface area contributed by atoms with Crippen molar-refractivity contribution in [3.8, 4) is 5.75 Å². The van der Waals surface area contributed by atoms with Gasteiger partial charge in [0.2, 0.25) is 5.91 Å². The maximum atomic E-state index is 11.0. The highest BCUT2D eigenvalue weighted by Crippen LogP contribution is 2.24. The molecule has 1 rings (SSSR count). The van der Waals surface area contributed by atoms with Gasteiger partial charge in [0.05, 0.1) is 12.6 Å². The normalized spacial score (nSPS) is 13.9. The number of ether oxygens (including phenoxy) is 1. The molecule has 0 spiro atoms. The zero-order valence-electron chi connectivity index (χ0n) is 10.8. The SMILES string of the molecule is COc1cccc(SCCCC(C)(N)C(N)=O)c1. The first-order valence-electron chi connectivity index (χ1n) is 5.81. The molecular formula is C13H20N2O2S. The Morgan fingerprint density at radius 2 is 2.22 bits per heavy atom. The maximum Gasteiger partial charge on any atom is 0.237 e. The molecule has 0 aliphatic carbocycles. The average molecular weight is 268 g/mol. The van der Waals surface area contributed by atoms with Crippen molar-refractivity contribution in [3.05, 3.63) is 24.3 Å². The Labute approximate surface area is 112 Å². The van der Waals surface area contributed by atoms with E-state index in [2.05, 4.69) is 0 Å². The fourth-order valence-electron chi connectivity index (χ4n) is 1.44. The third kappa shape index (κ3) is 4.58. The zero-order valence-corrected chi connectivity index (χ0v) is 11.6. The minimum absolute atomic E-state index is 0.450. The lowest BCUT2D eigenvalue weighted by molar-refractivity contribution is -0.122. The van der Waals surface area contributed by atoms with Crippen molar-refractivity contribution in [3.63, 3.8) is 0 Å². The van der Waals surface area contributed by atoms with Crippen molar-refractivity contribution in [1.82, 2.24) is 0 Å². The number of benzene rings is 1. The molecule has 4 nitrogen and oxygen atoms in total. The second-order valence-corrected chi connectivity index (χ2v) is 5.58. The van der Waals surface area contributed by atoms with E-state index in [0.29, 0.717) is 6.42 Å². The Morgan fingerprint density at radius 3 is 2.83 bits per heavy atom. The van der Waals surface area contributed by atoms with Crippen LogP contribution in [0.3, 0.4) is 0 Å². The quantitative estimate of drug-likeness (QED) is 0.583. The van der Waals surface area contributed by atoms with Crippen LogP contribution in [0.15, 0.2) is 29.2 Å². The van der Waals surface area contributed by atoms with Crippen LogP contribution in [0.1, 0.15) is 19.8 Å². The molecule has 0 aromatic heterocycles. The molecule has 0 heterocycles. The van der Waals surface area contributed by atoms with Crippen molar-refractivity contribution in [1.29, 1.82) is 0 Å². The topological polar surface area (TPSA) is 78.3 Å². The van der Waals surface area contributed by atoms with Gasteiger partial charge in [-0.25, -0.2) is 0 Å². The molecule has 1 amide bonds. The molecule has 1 aromatic rings. The minimum atomic E-state index is -0.908. The summed E-state index contributed by atoms with van der Waals surface area (Å²) in [5.41, 5.74) is 10.1. The molecule has 18 heavy (non-hydrogen) atoms. The lowest BCUT2D eigenvalue weighted by atomic mass is 9.97. The Morgan fingerprint density at radius 1 is 1.50 bits per heavy atom. The first-order chi connectivity index (χ1) is 8.45. The summed E-state index contributed by atoms with van der Waals surface area (Å²) < 4.78 is 5.15. The first-order valence-corrected chi connectivity index (χ1v) is 6.80. The number of nitrogens with two attached hydrogens (primary N) is 2. The summed E-state index contributed by atoms with van der Waals surface area (Å²) in [6, 6.07) is 7.88. The van der Waals surface area contributed by atoms with E-state index in [0.717, 1.165) is 22.8 Å². The summed E-state index contributed by atoms with van der Waals surface area (Å²) in [4.78, 5) is 12.2. The van der Waals surface area contributed by atoms with Crippen LogP contribution in [0.5, 0.6) is 5.75 Å². The highest BCUT2D eigenvalue weighted by molar-refractivity contribution is 7.99. The molecule has 1 atom stereocenters. The maximum absolute atomic E-state index is 11.0. The van der Waals surface area contributed by atoms with Crippen LogP contribution in [0.4, 0.5) is 0 Å². The van der Waals surface area contributed by atoms with E-state index < -0.39 is 11.4 Å². The average Bonchev–Trinajstić information content (AvgIpc) is 2.35. The van der Waals surface area contributed by atoms with E-state index in [1.54, 1.807) is 25.8 Å². The van der Waals surface area contributed by atoms with Crippen LogP contribution in [0, 0.1) is 0 Å². The van der Waals surface area contributed by atoms with Gasteiger partial charge in [-0.15, -0.1) is 11.8 Å². The third-order valence-corrected chi connectivity index (χ3v) is 3.79. The zero-order chi connectivity index (χ0) is 13.6. The monoisotopic (exact) mass is 268 g/mol. The van der Waals surface area contributed by atoms with Gasteiger partial charge in [-0.1, -0.05) is 6.07 Å². The summed E-state index contributed by atoms with van der Waals surface area (Å²) in [5.74, 6) is 1.29. The Hall–Kier alpha value is -1.20. The smallest absolute Gasteiger partial charge is 0.237 e. The number of carbonyl (C=O) groups is 1. The van der Waals surface area contributed by atoms with Crippen molar-refractivity contribution in [2.24, 2.45) is 11.5 Å². The summed E-state index contributed by atoms with van der Waals surface area (Å²) in [7, 11) is 1.65. The van der Waals surface area contributed by atoms with Crippen LogP contribution in [-0.4, -0.2) is 24.3 Å². The lowest BCUT2D eigenvalue weighted by Crippen LogP contribution is -2.49. The second kappa shape index (κ2) is 6.66. The number of carbonyl (C=O) groups excluding carboxylic acids is 1. The van der Waals surface area contributed by atoms with Gasteiger partial charge in [0.25, 0.3) is 0 Å². The van der Waals surface area contributed by atoms with E-state index >= 15 is 0 Å². The van der Waals surface area contributed by atoms with E-state index in [-0.39, 0.29) is 0 Å². The predicted octanol–water partition coefficient (Wildman–Crippen LogP) is 1.77. The number of amides is 1. The largest absolute Gasteiger partial charge is 0.497 e. The molecule has 0 radical (unpaired) electrons. The lowest BCUT2D eigenvalue weighted by Gasteiger charge is -2.19. The number of thioether (sulfide) groups is 1. The summed E-state index contributed by atoms with van der Waals surface area (Å²) in [6.45, 7) is 1.67. The van der Waals surface area contributed by atoms with E-state index in [4.69, 9.17) is 16.2 Å². The molecule has 100 valence electrons. The van der Waals surface area contributed by atoms with Crippen LogP contribution in [-0.2, 0) is 4.79 Å². The van der Waals surface area contributed by atoms with Gasteiger partial charge in [-0.05, 0) is 43.7 Å².